The van der Waals surface area contributed by atoms with Crippen LogP contribution in [0.1, 0.15) is 42.4 Å². The predicted molar refractivity (Wildman–Crippen MR) is 158 cm³/mol. The number of halogens is 1. The number of methoxy groups -OCH3 is 1. The molecule has 0 radical (unpaired) electrons. The zero-order valence-corrected chi connectivity index (χ0v) is 23.8. The molecular formula is C32H35FN4O4. The number of amides is 2. The van der Waals surface area contributed by atoms with Gasteiger partial charge in [0, 0.05) is 31.3 Å². The molecule has 8 nitrogen and oxygen atoms in total. The Morgan fingerprint density at radius 2 is 1.78 bits per heavy atom. The summed E-state index contributed by atoms with van der Waals surface area (Å²) in [4.78, 5) is 46.0. The average Bonchev–Trinajstić information content (AvgIpc) is 3.27. The summed E-state index contributed by atoms with van der Waals surface area (Å²) >= 11 is 0. The molecule has 9 heteroatoms. The summed E-state index contributed by atoms with van der Waals surface area (Å²) in [6, 6.07) is 19.1. The topological polar surface area (TPSA) is 91.3 Å². The van der Waals surface area contributed by atoms with Gasteiger partial charge in [0.2, 0.25) is 11.8 Å². The molecule has 1 unspecified atom stereocenters. The van der Waals surface area contributed by atoms with Crippen molar-refractivity contribution in [3.8, 4) is 0 Å². The van der Waals surface area contributed by atoms with E-state index >= 15 is 0 Å². The lowest BCUT2D eigenvalue weighted by Crippen LogP contribution is -2.31. The number of aliphatic imine (C=N–C) groups is 1. The van der Waals surface area contributed by atoms with Crippen molar-refractivity contribution >= 4 is 40.6 Å². The van der Waals surface area contributed by atoms with Crippen LogP contribution in [0.25, 0.3) is 0 Å². The third-order valence-corrected chi connectivity index (χ3v) is 6.97. The van der Waals surface area contributed by atoms with Gasteiger partial charge in [-0.2, -0.15) is 0 Å². The molecule has 0 aliphatic carbocycles. The van der Waals surface area contributed by atoms with Crippen LogP contribution in [0.2, 0.25) is 0 Å². The standard InChI is InChI=1S/C32H35FN4O4/c1-21(38)37(18-6-17-36(2)3)26-13-11-25(12-14-26)34-31(23-8-5-7-22(19-23)9-16-29(39)41-4)30-27-15-10-24(33)20-28(27)35-32(30)40/h5,7-8,10-15,19-20,30H,6,9,16-18H2,1-4H3,(H,35,40). The highest BCUT2D eigenvalue weighted by Gasteiger charge is 2.35. The quantitative estimate of drug-likeness (QED) is 0.261. The van der Waals surface area contributed by atoms with E-state index in [4.69, 9.17) is 9.73 Å². The molecule has 1 N–H and O–H groups in total. The Morgan fingerprint density at radius 3 is 2.46 bits per heavy atom. The van der Waals surface area contributed by atoms with E-state index in [-0.39, 0.29) is 24.2 Å². The molecular weight excluding hydrogens is 523 g/mol. The largest absolute Gasteiger partial charge is 0.469 e. The SMILES string of the molecule is COC(=O)CCc1cccc(C(=Nc2ccc(N(CCCN(C)C)C(C)=O)cc2)C2C(=O)Nc3cc(F)ccc32)c1. The van der Waals surface area contributed by atoms with Crippen LogP contribution in [0, 0.1) is 5.82 Å². The lowest BCUT2D eigenvalue weighted by atomic mass is 9.89. The van der Waals surface area contributed by atoms with Crippen molar-refractivity contribution in [3.05, 3.63) is 89.2 Å². The van der Waals surface area contributed by atoms with Crippen LogP contribution >= 0.6 is 0 Å². The molecule has 2 amide bonds. The number of benzene rings is 3. The van der Waals surface area contributed by atoms with Gasteiger partial charge in [-0.05, 0) is 92.6 Å². The van der Waals surface area contributed by atoms with E-state index in [1.807, 2.05) is 62.6 Å². The fraction of sp³-hybridized carbons (Fsp3) is 0.312. The van der Waals surface area contributed by atoms with Crippen molar-refractivity contribution in [1.29, 1.82) is 0 Å². The van der Waals surface area contributed by atoms with Crippen molar-refractivity contribution in [1.82, 2.24) is 4.90 Å². The molecule has 0 aromatic heterocycles. The van der Waals surface area contributed by atoms with E-state index in [1.165, 1.54) is 19.2 Å². The number of ether oxygens (including phenoxy) is 1. The maximum absolute atomic E-state index is 13.9. The minimum Gasteiger partial charge on any atom is -0.469 e. The summed E-state index contributed by atoms with van der Waals surface area (Å²) in [6.45, 7) is 3.00. The van der Waals surface area contributed by atoms with Gasteiger partial charge in [-0.3, -0.25) is 19.4 Å². The first-order valence-electron chi connectivity index (χ1n) is 13.5. The molecule has 214 valence electrons. The van der Waals surface area contributed by atoms with Crippen molar-refractivity contribution < 1.29 is 23.5 Å². The Bertz CT molecular complexity index is 1450. The fourth-order valence-electron chi connectivity index (χ4n) is 4.90. The molecule has 4 rings (SSSR count). The van der Waals surface area contributed by atoms with Crippen molar-refractivity contribution in [2.24, 2.45) is 4.99 Å². The molecule has 0 fully saturated rings. The number of fused-ring (bicyclic) bond motifs is 1. The first-order valence-corrected chi connectivity index (χ1v) is 13.5. The van der Waals surface area contributed by atoms with Gasteiger partial charge in [0.15, 0.2) is 0 Å². The Hall–Kier alpha value is -4.37. The normalized spacial score (nSPS) is 14.5. The molecule has 0 saturated heterocycles. The van der Waals surface area contributed by atoms with Crippen LogP contribution in [0.3, 0.4) is 0 Å². The Labute approximate surface area is 239 Å². The Balaban J connectivity index is 1.71. The molecule has 1 heterocycles. The van der Waals surface area contributed by atoms with Gasteiger partial charge in [-0.15, -0.1) is 0 Å². The molecule has 0 spiro atoms. The highest BCUT2D eigenvalue weighted by atomic mass is 19.1. The fourth-order valence-corrected chi connectivity index (χ4v) is 4.90. The molecule has 0 saturated carbocycles. The maximum Gasteiger partial charge on any atom is 0.305 e. The Morgan fingerprint density at radius 1 is 1.02 bits per heavy atom. The van der Waals surface area contributed by atoms with Gasteiger partial charge in [-0.25, -0.2) is 4.39 Å². The van der Waals surface area contributed by atoms with Gasteiger partial charge in [0.25, 0.3) is 0 Å². The van der Waals surface area contributed by atoms with Crippen LogP contribution in [0.15, 0.2) is 71.7 Å². The molecule has 3 aromatic rings. The van der Waals surface area contributed by atoms with Crippen LogP contribution in [0.4, 0.5) is 21.5 Å². The zero-order valence-electron chi connectivity index (χ0n) is 23.8. The number of carbonyl (C=O) groups excluding carboxylic acids is 3. The van der Waals surface area contributed by atoms with Crippen LogP contribution in [-0.4, -0.2) is 62.7 Å². The zero-order chi connectivity index (χ0) is 29.5. The number of hydrogen-bond donors (Lipinski definition) is 1. The lowest BCUT2D eigenvalue weighted by molar-refractivity contribution is -0.140. The van der Waals surface area contributed by atoms with Gasteiger partial charge in [0.1, 0.15) is 11.7 Å². The number of anilines is 2. The van der Waals surface area contributed by atoms with E-state index in [1.54, 1.807) is 17.9 Å². The van der Waals surface area contributed by atoms with E-state index < -0.39 is 11.7 Å². The molecule has 1 aliphatic heterocycles. The number of carbonyl (C=O) groups is 3. The molecule has 0 bridgehead atoms. The minimum absolute atomic E-state index is 0.0454. The van der Waals surface area contributed by atoms with E-state index in [9.17, 15) is 18.8 Å². The van der Waals surface area contributed by atoms with E-state index in [0.29, 0.717) is 41.2 Å². The van der Waals surface area contributed by atoms with Gasteiger partial charge in [-0.1, -0.05) is 24.3 Å². The monoisotopic (exact) mass is 558 g/mol. The number of esters is 1. The lowest BCUT2D eigenvalue weighted by Gasteiger charge is -2.22. The van der Waals surface area contributed by atoms with Crippen molar-refractivity contribution in [3.63, 3.8) is 0 Å². The number of nitrogens with zero attached hydrogens (tertiary/aromatic N) is 3. The van der Waals surface area contributed by atoms with Gasteiger partial charge in [0.05, 0.1) is 18.5 Å². The molecule has 1 atom stereocenters. The molecule has 41 heavy (non-hydrogen) atoms. The maximum atomic E-state index is 13.9. The number of rotatable bonds is 11. The van der Waals surface area contributed by atoms with Crippen LogP contribution < -0.4 is 10.2 Å². The number of nitrogens with one attached hydrogen (secondary N) is 1. The van der Waals surface area contributed by atoms with Crippen molar-refractivity contribution in [2.75, 3.05) is 44.5 Å². The van der Waals surface area contributed by atoms with Crippen molar-refractivity contribution in [2.45, 2.75) is 32.1 Å². The van der Waals surface area contributed by atoms with Crippen LogP contribution in [-0.2, 0) is 25.5 Å². The predicted octanol–water partition coefficient (Wildman–Crippen LogP) is 5.09. The minimum atomic E-state index is -0.763. The molecule has 1 aliphatic rings. The highest BCUT2D eigenvalue weighted by molar-refractivity contribution is 6.24. The van der Waals surface area contributed by atoms with E-state index in [0.717, 1.165) is 24.2 Å². The second-order valence-electron chi connectivity index (χ2n) is 10.3. The molecule has 3 aromatic carbocycles. The Kier molecular flexibility index (Phi) is 9.62. The first kappa shape index (κ1) is 29.6. The average molecular weight is 559 g/mol. The van der Waals surface area contributed by atoms with E-state index in [2.05, 4.69) is 10.2 Å². The summed E-state index contributed by atoms with van der Waals surface area (Å²) in [7, 11) is 5.35. The van der Waals surface area contributed by atoms with Gasteiger partial charge >= 0.3 is 5.97 Å². The van der Waals surface area contributed by atoms with Gasteiger partial charge < -0.3 is 19.9 Å². The summed E-state index contributed by atoms with van der Waals surface area (Å²) in [5, 5.41) is 2.78. The second kappa shape index (κ2) is 13.3. The summed E-state index contributed by atoms with van der Waals surface area (Å²) in [5.41, 5.74) is 4.52. The summed E-state index contributed by atoms with van der Waals surface area (Å²) in [5.74, 6) is -1.86. The second-order valence-corrected chi connectivity index (χ2v) is 10.3. The smallest absolute Gasteiger partial charge is 0.305 e. The summed E-state index contributed by atoms with van der Waals surface area (Å²) < 4.78 is 18.7. The first-order chi connectivity index (χ1) is 19.7. The summed E-state index contributed by atoms with van der Waals surface area (Å²) in [6.07, 6.45) is 1.52. The third-order valence-electron chi connectivity index (χ3n) is 6.97. The number of aryl methyl sites for hydroxylation is 1. The van der Waals surface area contributed by atoms with Crippen LogP contribution in [0.5, 0.6) is 0 Å². The number of hydrogen-bond acceptors (Lipinski definition) is 6. The highest BCUT2D eigenvalue weighted by Crippen LogP contribution is 2.37. The third kappa shape index (κ3) is 7.43.